The van der Waals surface area contributed by atoms with Crippen LogP contribution in [0.4, 0.5) is 14.5 Å². The van der Waals surface area contributed by atoms with E-state index in [1.807, 2.05) is 6.92 Å². The van der Waals surface area contributed by atoms with Gasteiger partial charge in [0.25, 0.3) is 5.91 Å². The van der Waals surface area contributed by atoms with E-state index in [1.54, 1.807) is 12.1 Å². The second-order valence-corrected chi connectivity index (χ2v) is 3.99. The standard InChI is InChI=1S/C13H13F2N3O2/c1-2-8-7-11(18-17-8)12(19)16-9-4-3-5-10(6-9)20-13(14)15/h3-7,13H,2H2,1H3,(H,16,19)(H,17,18). The number of ether oxygens (including phenoxy) is 1. The molecule has 106 valence electrons. The van der Waals surface area contributed by atoms with Gasteiger partial charge in [0.15, 0.2) is 5.69 Å². The molecule has 2 aromatic rings. The monoisotopic (exact) mass is 281 g/mol. The molecule has 2 rings (SSSR count). The van der Waals surface area contributed by atoms with E-state index in [9.17, 15) is 13.6 Å². The quantitative estimate of drug-likeness (QED) is 0.885. The number of aryl methyl sites for hydroxylation is 1. The van der Waals surface area contributed by atoms with Crippen LogP contribution in [0.15, 0.2) is 30.3 Å². The van der Waals surface area contributed by atoms with Crippen molar-refractivity contribution in [3.05, 3.63) is 41.7 Å². The fraction of sp³-hybridized carbons (Fsp3) is 0.231. The van der Waals surface area contributed by atoms with Crippen molar-refractivity contribution in [2.75, 3.05) is 5.32 Å². The van der Waals surface area contributed by atoms with E-state index >= 15 is 0 Å². The van der Waals surface area contributed by atoms with Gasteiger partial charge >= 0.3 is 6.61 Å². The molecular weight excluding hydrogens is 268 g/mol. The lowest BCUT2D eigenvalue weighted by molar-refractivity contribution is -0.0497. The third-order valence-corrected chi connectivity index (χ3v) is 2.56. The van der Waals surface area contributed by atoms with Crippen molar-refractivity contribution in [1.29, 1.82) is 0 Å². The van der Waals surface area contributed by atoms with Crippen molar-refractivity contribution in [3.63, 3.8) is 0 Å². The van der Waals surface area contributed by atoms with Gasteiger partial charge in [-0.2, -0.15) is 13.9 Å². The number of halogens is 2. The van der Waals surface area contributed by atoms with Crippen molar-refractivity contribution in [2.45, 2.75) is 20.0 Å². The van der Waals surface area contributed by atoms with Crippen LogP contribution >= 0.6 is 0 Å². The molecule has 0 spiro atoms. The van der Waals surface area contributed by atoms with E-state index in [0.717, 1.165) is 12.1 Å². The molecule has 1 heterocycles. The number of rotatable bonds is 5. The lowest BCUT2D eigenvalue weighted by Gasteiger charge is -2.07. The number of nitrogens with zero attached hydrogens (tertiary/aromatic N) is 1. The number of hydrogen-bond donors (Lipinski definition) is 2. The maximum Gasteiger partial charge on any atom is 0.387 e. The highest BCUT2D eigenvalue weighted by atomic mass is 19.3. The number of carbonyl (C=O) groups excluding carboxylic acids is 1. The van der Waals surface area contributed by atoms with Crippen molar-refractivity contribution in [1.82, 2.24) is 10.2 Å². The molecule has 20 heavy (non-hydrogen) atoms. The van der Waals surface area contributed by atoms with E-state index in [2.05, 4.69) is 20.3 Å². The zero-order valence-electron chi connectivity index (χ0n) is 10.7. The highest BCUT2D eigenvalue weighted by Gasteiger charge is 2.11. The highest BCUT2D eigenvalue weighted by Crippen LogP contribution is 2.19. The molecule has 0 fully saturated rings. The van der Waals surface area contributed by atoms with Crippen molar-refractivity contribution >= 4 is 11.6 Å². The number of hydrogen-bond acceptors (Lipinski definition) is 3. The molecule has 0 saturated carbocycles. The Morgan fingerprint density at radius 1 is 1.45 bits per heavy atom. The molecule has 0 radical (unpaired) electrons. The summed E-state index contributed by atoms with van der Waals surface area (Å²) < 4.78 is 28.5. The number of anilines is 1. The van der Waals surface area contributed by atoms with Gasteiger partial charge in [-0.05, 0) is 24.6 Å². The fourth-order valence-corrected chi connectivity index (χ4v) is 1.60. The molecule has 1 aromatic carbocycles. The van der Waals surface area contributed by atoms with E-state index in [-0.39, 0.29) is 11.4 Å². The molecule has 0 aliphatic carbocycles. The first-order valence-electron chi connectivity index (χ1n) is 5.99. The van der Waals surface area contributed by atoms with E-state index < -0.39 is 12.5 Å². The molecule has 0 aliphatic rings. The molecule has 0 saturated heterocycles. The Morgan fingerprint density at radius 2 is 2.25 bits per heavy atom. The van der Waals surface area contributed by atoms with Crippen LogP contribution in [-0.2, 0) is 6.42 Å². The molecule has 1 amide bonds. The van der Waals surface area contributed by atoms with Crippen molar-refractivity contribution < 1.29 is 18.3 Å². The summed E-state index contributed by atoms with van der Waals surface area (Å²) in [5, 5.41) is 9.15. The molecule has 0 unspecified atom stereocenters. The normalized spacial score (nSPS) is 10.6. The van der Waals surface area contributed by atoms with E-state index in [4.69, 9.17) is 0 Å². The van der Waals surface area contributed by atoms with Gasteiger partial charge in [-0.1, -0.05) is 13.0 Å². The van der Waals surface area contributed by atoms with Gasteiger partial charge in [-0.3, -0.25) is 9.89 Å². The summed E-state index contributed by atoms with van der Waals surface area (Å²) in [6, 6.07) is 7.41. The number of nitrogens with one attached hydrogen (secondary N) is 2. The summed E-state index contributed by atoms with van der Waals surface area (Å²) in [7, 11) is 0. The van der Waals surface area contributed by atoms with Crippen molar-refractivity contribution in [2.24, 2.45) is 0 Å². The van der Waals surface area contributed by atoms with Crippen LogP contribution in [0.3, 0.4) is 0 Å². The van der Waals surface area contributed by atoms with Gasteiger partial charge in [0.05, 0.1) is 0 Å². The van der Waals surface area contributed by atoms with Crippen LogP contribution in [0, 0.1) is 0 Å². The second-order valence-electron chi connectivity index (χ2n) is 3.99. The third kappa shape index (κ3) is 3.53. The zero-order chi connectivity index (χ0) is 14.5. The Labute approximate surface area is 114 Å². The first kappa shape index (κ1) is 14.0. The minimum atomic E-state index is -2.90. The first-order valence-corrected chi connectivity index (χ1v) is 5.99. The number of aromatic amines is 1. The lowest BCUT2D eigenvalue weighted by atomic mass is 10.2. The molecule has 0 bridgehead atoms. The fourth-order valence-electron chi connectivity index (χ4n) is 1.60. The van der Waals surface area contributed by atoms with Gasteiger partial charge in [-0.15, -0.1) is 0 Å². The maximum absolute atomic E-state index is 12.1. The smallest absolute Gasteiger partial charge is 0.387 e. The second kappa shape index (κ2) is 6.14. The Bertz CT molecular complexity index is 599. The van der Waals surface area contributed by atoms with Crippen LogP contribution in [0.25, 0.3) is 0 Å². The largest absolute Gasteiger partial charge is 0.435 e. The van der Waals surface area contributed by atoms with Crippen LogP contribution < -0.4 is 10.1 Å². The van der Waals surface area contributed by atoms with Crippen LogP contribution in [0.1, 0.15) is 23.1 Å². The number of H-pyrrole nitrogens is 1. The summed E-state index contributed by atoms with van der Waals surface area (Å²) in [5.74, 6) is -0.441. The zero-order valence-corrected chi connectivity index (χ0v) is 10.7. The number of benzene rings is 1. The summed E-state index contributed by atoms with van der Waals surface area (Å²) in [6.45, 7) is -0.972. The minimum Gasteiger partial charge on any atom is -0.435 e. The molecule has 2 N–H and O–H groups in total. The van der Waals surface area contributed by atoms with Gasteiger partial charge in [0, 0.05) is 17.4 Å². The predicted molar refractivity (Wildman–Crippen MR) is 69.0 cm³/mol. The van der Waals surface area contributed by atoms with Crippen LogP contribution in [-0.4, -0.2) is 22.7 Å². The molecule has 7 heteroatoms. The van der Waals surface area contributed by atoms with Crippen molar-refractivity contribution in [3.8, 4) is 5.75 Å². The summed E-state index contributed by atoms with van der Waals surface area (Å²) in [4.78, 5) is 11.9. The molecule has 5 nitrogen and oxygen atoms in total. The third-order valence-electron chi connectivity index (χ3n) is 2.56. The van der Waals surface area contributed by atoms with Crippen LogP contribution in [0.5, 0.6) is 5.75 Å². The predicted octanol–water partition coefficient (Wildman–Crippen LogP) is 2.83. The molecule has 0 atom stereocenters. The summed E-state index contributed by atoms with van der Waals surface area (Å²) in [5.41, 5.74) is 1.43. The topological polar surface area (TPSA) is 67.0 Å². The number of alkyl halides is 2. The summed E-state index contributed by atoms with van der Waals surface area (Å²) >= 11 is 0. The first-order chi connectivity index (χ1) is 9.58. The SMILES string of the molecule is CCc1cc(C(=O)Nc2cccc(OC(F)F)c2)n[nH]1. The van der Waals surface area contributed by atoms with Crippen LogP contribution in [0.2, 0.25) is 0 Å². The Hall–Kier alpha value is -2.44. The van der Waals surface area contributed by atoms with Gasteiger partial charge in [0.1, 0.15) is 5.75 Å². The van der Waals surface area contributed by atoms with E-state index in [0.29, 0.717) is 5.69 Å². The number of carbonyl (C=O) groups is 1. The lowest BCUT2D eigenvalue weighted by Crippen LogP contribution is -2.12. The number of aromatic nitrogens is 2. The Morgan fingerprint density at radius 3 is 2.90 bits per heavy atom. The van der Waals surface area contributed by atoms with E-state index in [1.165, 1.54) is 18.2 Å². The maximum atomic E-state index is 12.1. The van der Waals surface area contributed by atoms with Gasteiger partial charge < -0.3 is 10.1 Å². The molecule has 1 aromatic heterocycles. The minimum absolute atomic E-state index is 0.0194. The average Bonchev–Trinajstić information content (AvgIpc) is 2.87. The highest BCUT2D eigenvalue weighted by molar-refractivity contribution is 6.02. The molecular formula is C13H13F2N3O2. The Kier molecular flexibility index (Phi) is 4.29. The summed E-state index contributed by atoms with van der Waals surface area (Å²) in [6.07, 6.45) is 0.734. The Balaban J connectivity index is 2.07. The molecule has 0 aliphatic heterocycles. The van der Waals surface area contributed by atoms with Gasteiger partial charge in [0.2, 0.25) is 0 Å². The average molecular weight is 281 g/mol. The number of amides is 1. The van der Waals surface area contributed by atoms with Gasteiger partial charge in [-0.25, -0.2) is 0 Å².